The first-order valence-corrected chi connectivity index (χ1v) is 6.35. The molecule has 0 rings (SSSR count). The molecular formula is C13H23NO6. The minimum atomic E-state index is -1.02. The third-order valence-corrected chi connectivity index (χ3v) is 2.41. The fraction of sp³-hybridized carbons (Fsp3) is 0.769. The molecule has 0 aromatic carbocycles. The van der Waals surface area contributed by atoms with Crippen molar-refractivity contribution in [1.29, 1.82) is 0 Å². The lowest BCUT2D eigenvalue weighted by atomic mass is 10.2. The van der Waals surface area contributed by atoms with Gasteiger partial charge in [0.05, 0.1) is 20.0 Å². The lowest BCUT2D eigenvalue weighted by Gasteiger charge is -2.30. The van der Waals surface area contributed by atoms with E-state index in [9.17, 15) is 14.4 Å². The highest BCUT2D eigenvalue weighted by molar-refractivity contribution is 5.73. The average molecular weight is 289 g/mol. The molecule has 1 N–H and O–H groups in total. The molecule has 7 nitrogen and oxygen atoms in total. The zero-order valence-electron chi connectivity index (χ0n) is 12.6. The molecule has 1 amide bonds. The monoisotopic (exact) mass is 289 g/mol. The van der Waals surface area contributed by atoms with Crippen molar-refractivity contribution in [3.8, 4) is 0 Å². The second-order valence-corrected chi connectivity index (χ2v) is 5.45. The molecule has 0 aliphatic carbocycles. The second kappa shape index (κ2) is 7.72. The van der Waals surface area contributed by atoms with Gasteiger partial charge in [-0.15, -0.1) is 0 Å². The van der Waals surface area contributed by atoms with E-state index in [1.54, 1.807) is 27.7 Å². The van der Waals surface area contributed by atoms with Crippen LogP contribution in [0, 0.1) is 0 Å². The van der Waals surface area contributed by atoms with Crippen LogP contribution in [0.3, 0.4) is 0 Å². The number of esters is 1. The summed E-state index contributed by atoms with van der Waals surface area (Å²) in [6.45, 7) is 6.78. The number of methoxy groups -OCH3 is 1. The van der Waals surface area contributed by atoms with Crippen LogP contribution in [-0.4, -0.2) is 53.3 Å². The van der Waals surface area contributed by atoms with Gasteiger partial charge in [0.25, 0.3) is 0 Å². The van der Waals surface area contributed by atoms with Crippen molar-refractivity contribution in [2.75, 3.05) is 13.7 Å². The fourth-order valence-corrected chi connectivity index (χ4v) is 1.49. The summed E-state index contributed by atoms with van der Waals surface area (Å²) >= 11 is 0. The maximum Gasteiger partial charge on any atom is 0.410 e. The van der Waals surface area contributed by atoms with E-state index >= 15 is 0 Å². The Bertz CT molecular complexity index is 360. The minimum absolute atomic E-state index is 0.0142. The first-order valence-electron chi connectivity index (χ1n) is 6.35. The predicted octanol–water partition coefficient (Wildman–Crippen LogP) is 1.65. The molecule has 0 unspecified atom stereocenters. The average Bonchev–Trinajstić information content (AvgIpc) is 2.25. The largest absolute Gasteiger partial charge is 0.481 e. The molecule has 0 aliphatic heterocycles. The van der Waals surface area contributed by atoms with E-state index in [0.717, 1.165) is 0 Å². The molecule has 1 atom stereocenters. The molecule has 7 heteroatoms. The Labute approximate surface area is 118 Å². The molecule has 0 bridgehead atoms. The summed E-state index contributed by atoms with van der Waals surface area (Å²) in [5.74, 6) is -1.50. The first-order chi connectivity index (χ1) is 9.06. The van der Waals surface area contributed by atoms with Crippen LogP contribution in [0.5, 0.6) is 0 Å². The Balaban J connectivity index is 4.81. The highest BCUT2D eigenvalue weighted by Crippen LogP contribution is 2.14. The van der Waals surface area contributed by atoms with Crippen molar-refractivity contribution in [3.05, 3.63) is 0 Å². The number of amides is 1. The summed E-state index contributed by atoms with van der Waals surface area (Å²) in [5, 5.41) is 8.80. The van der Waals surface area contributed by atoms with E-state index in [2.05, 4.69) is 4.74 Å². The third-order valence-electron chi connectivity index (χ3n) is 2.41. The molecule has 0 aromatic heterocycles. The number of carboxylic acids is 1. The van der Waals surface area contributed by atoms with Gasteiger partial charge in [-0.2, -0.15) is 0 Å². The molecular weight excluding hydrogens is 266 g/mol. The smallest absolute Gasteiger partial charge is 0.410 e. The number of carbonyl (C=O) groups excluding carboxylic acids is 2. The Morgan fingerprint density at radius 2 is 1.80 bits per heavy atom. The molecule has 0 spiro atoms. The first kappa shape index (κ1) is 18.2. The van der Waals surface area contributed by atoms with E-state index in [1.807, 2.05) is 0 Å². The maximum absolute atomic E-state index is 12.0. The molecule has 0 aliphatic rings. The highest BCUT2D eigenvalue weighted by atomic mass is 16.6. The van der Waals surface area contributed by atoms with Gasteiger partial charge in [0, 0.05) is 12.6 Å². The van der Waals surface area contributed by atoms with Gasteiger partial charge in [0.2, 0.25) is 0 Å². The summed E-state index contributed by atoms with van der Waals surface area (Å²) in [5.41, 5.74) is -0.691. The standard InChI is InChI=1S/C13H23NO6/c1-9(8-10(15)16)14(7-6-11(17)19-5)12(18)20-13(2,3)4/h9H,6-8H2,1-5H3,(H,15,16)/t9-/m0/s1. The predicted molar refractivity (Wildman–Crippen MR) is 71.3 cm³/mol. The van der Waals surface area contributed by atoms with Crippen LogP contribution in [-0.2, 0) is 19.1 Å². The van der Waals surface area contributed by atoms with Crippen molar-refractivity contribution >= 4 is 18.0 Å². The van der Waals surface area contributed by atoms with Gasteiger partial charge in [0.1, 0.15) is 5.60 Å². The van der Waals surface area contributed by atoms with Gasteiger partial charge in [0.15, 0.2) is 0 Å². The van der Waals surface area contributed by atoms with E-state index in [0.29, 0.717) is 0 Å². The van der Waals surface area contributed by atoms with Crippen LogP contribution in [0.2, 0.25) is 0 Å². The molecule has 0 heterocycles. The molecule has 0 aromatic rings. The Hall–Kier alpha value is -1.79. The minimum Gasteiger partial charge on any atom is -0.481 e. The van der Waals surface area contributed by atoms with Crippen LogP contribution in [0.25, 0.3) is 0 Å². The maximum atomic E-state index is 12.0. The van der Waals surface area contributed by atoms with Crippen molar-refractivity contribution in [3.63, 3.8) is 0 Å². The summed E-state index contributed by atoms with van der Waals surface area (Å²) in [6.07, 6.45) is -0.879. The Morgan fingerprint density at radius 3 is 2.20 bits per heavy atom. The summed E-state index contributed by atoms with van der Waals surface area (Å²) < 4.78 is 9.72. The third kappa shape index (κ3) is 7.60. The van der Waals surface area contributed by atoms with E-state index in [1.165, 1.54) is 12.0 Å². The summed E-state index contributed by atoms with van der Waals surface area (Å²) in [6, 6.07) is -0.577. The zero-order chi connectivity index (χ0) is 15.9. The van der Waals surface area contributed by atoms with Gasteiger partial charge in [-0.3, -0.25) is 9.59 Å². The normalized spacial score (nSPS) is 12.4. The lowest BCUT2D eigenvalue weighted by Crippen LogP contribution is -2.44. The van der Waals surface area contributed by atoms with Gasteiger partial charge in [-0.25, -0.2) is 4.79 Å². The van der Waals surface area contributed by atoms with Crippen molar-refractivity contribution in [1.82, 2.24) is 4.90 Å². The van der Waals surface area contributed by atoms with Gasteiger partial charge in [-0.1, -0.05) is 0 Å². The van der Waals surface area contributed by atoms with E-state index in [4.69, 9.17) is 9.84 Å². The topological polar surface area (TPSA) is 93.1 Å². The molecule has 20 heavy (non-hydrogen) atoms. The van der Waals surface area contributed by atoms with Crippen molar-refractivity contribution < 1.29 is 29.0 Å². The SMILES string of the molecule is COC(=O)CCN(C(=O)OC(C)(C)C)[C@@H](C)CC(=O)O. The van der Waals surface area contributed by atoms with Crippen LogP contribution in [0.4, 0.5) is 4.79 Å². The summed E-state index contributed by atoms with van der Waals surface area (Å²) in [7, 11) is 1.25. The van der Waals surface area contributed by atoms with Gasteiger partial charge >= 0.3 is 18.0 Å². The lowest BCUT2D eigenvalue weighted by molar-refractivity contribution is -0.140. The number of rotatable bonds is 6. The van der Waals surface area contributed by atoms with E-state index < -0.39 is 29.7 Å². The quantitative estimate of drug-likeness (QED) is 0.747. The Kier molecular flexibility index (Phi) is 7.02. The van der Waals surface area contributed by atoms with Crippen molar-refractivity contribution in [2.45, 2.75) is 52.2 Å². The molecule has 0 radical (unpaired) electrons. The van der Waals surface area contributed by atoms with Crippen LogP contribution in [0.1, 0.15) is 40.5 Å². The number of aliphatic carboxylic acids is 1. The number of hydrogen-bond donors (Lipinski definition) is 1. The second-order valence-electron chi connectivity index (χ2n) is 5.45. The van der Waals surface area contributed by atoms with Crippen LogP contribution >= 0.6 is 0 Å². The van der Waals surface area contributed by atoms with Gasteiger partial charge < -0.3 is 19.5 Å². The van der Waals surface area contributed by atoms with Crippen LogP contribution in [0.15, 0.2) is 0 Å². The number of hydrogen-bond acceptors (Lipinski definition) is 5. The number of nitrogens with zero attached hydrogens (tertiary/aromatic N) is 1. The van der Waals surface area contributed by atoms with Crippen molar-refractivity contribution in [2.24, 2.45) is 0 Å². The van der Waals surface area contributed by atoms with E-state index in [-0.39, 0.29) is 19.4 Å². The summed E-state index contributed by atoms with van der Waals surface area (Å²) in [4.78, 5) is 35.2. The molecule has 116 valence electrons. The fourth-order valence-electron chi connectivity index (χ4n) is 1.49. The number of carbonyl (C=O) groups is 3. The zero-order valence-corrected chi connectivity index (χ0v) is 12.6. The van der Waals surface area contributed by atoms with Gasteiger partial charge in [-0.05, 0) is 27.7 Å². The Morgan fingerprint density at radius 1 is 1.25 bits per heavy atom. The highest BCUT2D eigenvalue weighted by Gasteiger charge is 2.27. The van der Waals surface area contributed by atoms with Crippen LogP contribution < -0.4 is 0 Å². The number of ether oxygens (including phenoxy) is 2. The molecule has 0 saturated carbocycles. The number of carboxylic acid groups (broad SMARTS) is 1. The molecule has 0 fully saturated rings. The molecule has 0 saturated heterocycles.